The van der Waals surface area contributed by atoms with E-state index in [0.717, 1.165) is 0 Å². The molecule has 100 valence electrons. The molecule has 0 aromatic heterocycles. The van der Waals surface area contributed by atoms with Gasteiger partial charge in [-0.2, -0.15) is 8.42 Å². The molecule has 0 aliphatic rings. The van der Waals surface area contributed by atoms with E-state index in [1.165, 1.54) is 6.07 Å². The van der Waals surface area contributed by atoms with Gasteiger partial charge >= 0.3 is 5.97 Å². The number of rotatable bonds is 4. The summed E-state index contributed by atoms with van der Waals surface area (Å²) in [7, 11) is -4.14. The molecule has 0 radical (unpaired) electrons. The number of esters is 1. The van der Waals surface area contributed by atoms with Crippen molar-refractivity contribution in [2.75, 3.05) is 12.4 Å². The first-order valence-corrected chi connectivity index (χ1v) is 8.46. The highest BCUT2D eigenvalue weighted by atomic mass is 79.9. The molecule has 0 heterocycles. The predicted molar refractivity (Wildman–Crippen MR) is 76.2 cm³/mol. The van der Waals surface area contributed by atoms with Crippen LogP contribution in [-0.2, 0) is 14.9 Å². The Hall–Kier alpha value is 0.0400. The van der Waals surface area contributed by atoms with Crippen molar-refractivity contribution in [1.82, 2.24) is 0 Å². The number of benzene rings is 1. The van der Waals surface area contributed by atoms with Gasteiger partial charge in [0.25, 0.3) is 10.1 Å². The van der Waals surface area contributed by atoms with Gasteiger partial charge in [-0.1, -0.05) is 15.9 Å². The van der Waals surface area contributed by atoms with Crippen molar-refractivity contribution in [3.05, 3.63) is 31.1 Å². The smallest absolute Gasteiger partial charge is 0.339 e. The van der Waals surface area contributed by atoms with Gasteiger partial charge in [-0.05, 0) is 44.0 Å². The Morgan fingerprint density at radius 1 is 1.28 bits per heavy atom. The van der Waals surface area contributed by atoms with E-state index in [9.17, 15) is 13.2 Å². The Morgan fingerprint density at radius 2 is 1.89 bits per heavy atom. The molecule has 0 aliphatic heterocycles. The van der Waals surface area contributed by atoms with Crippen molar-refractivity contribution in [2.45, 2.75) is 0 Å². The van der Waals surface area contributed by atoms with E-state index < -0.39 is 28.4 Å². The predicted octanol–water partition coefficient (Wildman–Crippen LogP) is 3.02. The Balaban J connectivity index is 2.79. The highest BCUT2D eigenvalue weighted by Crippen LogP contribution is 2.31. The highest BCUT2D eigenvalue weighted by Gasteiger charge is 2.16. The summed E-state index contributed by atoms with van der Waals surface area (Å²) in [4.78, 5) is 11.7. The fraction of sp³-hybridized carbons (Fsp3) is 0.222. The first-order valence-electron chi connectivity index (χ1n) is 4.47. The maximum atomic E-state index is 11.7. The summed E-state index contributed by atoms with van der Waals surface area (Å²) in [6, 6.07) is 3.27. The van der Waals surface area contributed by atoms with Gasteiger partial charge in [-0.15, -0.1) is 0 Å². The quantitative estimate of drug-likeness (QED) is 0.419. The summed E-state index contributed by atoms with van der Waals surface area (Å²) >= 11 is 9.68. The molecule has 5 nitrogen and oxygen atoms in total. The van der Waals surface area contributed by atoms with Gasteiger partial charge in [0.2, 0.25) is 0 Å². The summed E-state index contributed by atoms with van der Waals surface area (Å²) in [5.74, 6) is -1.32. The van der Waals surface area contributed by atoms with Crippen LogP contribution >= 0.6 is 47.8 Å². The first-order chi connectivity index (χ1) is 8.20. The van der Waals surface area contributed by atoms with Crippen LogP contribution in [0.3, 0.4) is 0 Å². The number of ether oxygens (including phenoxy) is 1. The van der Waals surface area contributed by atoms with Crippen molar-refractivity contribution in [1.29, 1.82) is 0 Å². The number of halogens is 3. The average molecular weight is 467 g/mol. The van der Waals surface area contributed by atoms with Crippen molar-refractivity contribution in [3.8, 4) is 0 Å². The Kier molecular flexibility index (Phi) is 5.78. The lowest BCUT2D eigenvalue weighted by Crippen LogP contribution is -2.15. The standard InChI is InChI=1S/C9H7Br3O5S/c10-5-3-6(8(12)7(11)4-5)9(13)17-1-2-18(14,15)16/h3-4H,1-2H2,(H,14,15,16). The minimum Gasteiger partial charge on any atom is -0.461 e. The first kappa shape index (κ1) is 16.1. The molecule has 18 heavy (non-hydrogen) atoms. The van der Waals surface area contributed by atoms with E-state index in [4.69, 9.17) is 9.29 Å². The van der Waals surface area contributed by atoms with Crippen LogP contribution in [0.25, 0.3) is 0 Å². The zero-order valence-electron chi connectivity index (χ0n) is 8.69. The topological polar surface area (TPSA) is 80.7 Å². The SMILES string of the molecule is O=C(OCCS(=O)(=O)O)c1cc(Br)cc(Br)c1Br. The summed E-state index contributed by atoms with van der Waals surface area (Å²) in [5, 5.41) is 0. The third kappa shape index (κ3) is 4.96. The van der Waals surface area contributed by atoms with Crippen LogP contribution in [0, 0.1) is 0 Å². The summed E-state index contributed by atoms with van der Waals surface area (Å²) in [6.07, 6.45) is 0. The molecule has 0 bridgehead atoms. The molecule has 0 fully saturated rings. The van der Waals surface area contributed by atoms with Crippen LogP contribution in [0.4, 0.5) is 0 Å². The zero-order valence-corrected chi connectivity index (χ0v) is 14.3. The van der Waals surface area contributed by atoms with Gasteiger partial charge < -0.3 is 4.74 Å². The Morgan fingerprint density at radius 3 is 2.44 bits per heavy atom. The molecule has 1 aromatic rings. The second kappa shape index (κ2) is 6.47. The molecular weight excluding hydrogens is 460 g/mol. The molecule has 1 rings (SSSR count). The van der Waals surface area contributed by atoms with Gasteiger partial charge in [0.1, 0.15) is 12.4 Å². The largest absolute Gasteiger partial charge is 0.461 e. The minimum atomic E-state index is -4.14. The Labute approximate surface area is 129 Å². The fourth-order valence-electron chi connectivity index (χ4n) is 1.02. The molecule has 9 heteroatoms. The van der Waals surface area contributed by atoms with Crippen molar-refractivity contribution in [3.63, 3.8) is 0 Å². The summed E-state index contributed by atoms with van der Waals surface area (Å²) < 4.78 is 36.0. The van der Waals surface area contributed by atoms with Gasteiger partial charge in [0.15, 0.2) is 0 Å². The molecular formula is C9H7Br3O5S. The zero-order chi connectivity index (χ0) is 13.9. The maximum absolute atomic E-state index is 11.7. The molecule has 1 aromatic carbocycles. The van der Waals surface area contributed by atoms with Crippen LogP contribution in [-0.4, -0.2) is 31.3 Å². The molecule has 0 atom stereocenters. The number of hydrogen-bond donors (Lipinski definition) is 1. The summed E-state index contributed by atoms with van der Waals surface area (Å²) in [5.41, 5.74) is 0.242. The third-order valence-corrected chi connectivity index (χ3v) is 4.94. The third-order valence-electron chi connectivity index (χ3n) is 1.79. The van der Waals surface area contributed by atoms with E-state index in [0.29, 0.717) is 13.4 Å². The van der Waals surface area contributed by atoms with Gasteiger partial charge in [-0.25, -0.2) is 4.79 Å². The lowest BCUT2D eigenvalue weighted by molar-refractivity contribution is 0.0527. The van der Waals surface area contributed by atoms with Gasteiger partial charge in [-0.3, -0.25) is 4.55 Å². The minimum absolute atomic E-state index is 0.242. The number of carbonyl (C=O) groups is 1. The van der Waals surface area contributed by atoms with Crippen molar-refractivity contribution in [2.24, 2.45) is 0 Å². The van der Waals surface area contributed by atoms with Gasteiger partial charge in [0.05, 0.1) is 5.56 Å². The Bertz CT molecular complexity index is 570. The van der Waals surface area contributed by atoms with E-state index in [2.05, 4.69) is 47.8 Å². The lowest BCUT2D eigenvalue weighted by Gasteiger charge is -2.07. The van der Waals surface area contributed by atoms with Crippen LogP contribution < -0.4 is 0 Å². The highest BCUT2D eigenvalue weighted by molar-refractivity contribution is 9.13. The molecule has 0 saturated carbocycles. The molecule has 0 spiro atoms. The molecule has 0 amide bonds. The monoisotopic (exact) mass is 464 g/mol. The fourth-order valence-corrected chi connectivity index (χ4v) is 2.93. The number of hydrogen-bond acceptors (Lipinski definition) is 4. The van der Waals surface area contributed by atoms with E-state index >= 15 is 0 Å². The van der Waals surface area contributed by atoms with Crippen LogP contribution in [0.1, 0.15) is 10.4 Å². The maximum Gasteiger partial charge on any atom is 0.339 e. The number of carbonyl (C=O) groups excluding carboxylic acids is 1. The molecule has 0 saturated heterocycles. The summed E-state index contributed by atoms with van der Waals surface area (Å²) in [6.45, 7) is -0.408. The second-order valence-corrected chi connectivity index (χ2v) is 7.31. The lowest BCUT2D eigenvalue weighted by atomic mass is 10.2. The van der Waals surface area contributed by atoms with Crippen molar-refractivity contribution < 1.29 is 22.5 Å². The second-order valence-electron chi connectivity index (χ2n) is 3.17. The van der Waals surface area contributed by atoms with Gasteiger partial charge in [0, 0.05) is 13.4 Å². The van der Waals surface area contributed by atoms with E-state index in [1.807, 2.05) is 0 Å². The van der Waals surface area contributed by atoms with Crippen molar-refractivity contribution >= 4 is 63.9 Å². The molecule has 0 unspecified atom stereocenters. The normalized spacial score (nSPS) is 11.3. The van der Waals surface area contributed by atoms with Crippen LogP contribution in [0.2, 0.25) is 0 Å². The van der Waals surface area contributed by atoms with Crippen LogP contribution in [0.15, 0.2) is 25.6 Å². The van der Waals surface area contributed by atoms with E-state index in [1.54, 1.807) is 6.07 Å². The van der Waals surface area contributed by atoms with E-state index in [-0.39, 0.29) is 5.56 Å². The molecule has 0 aliphatic carbocycles. The average Bonchev–Trinajstić information content (AvgIpc) is 2.21. The molecule has 1 N–H and O–H groups in total. The van der Waals surface area contributed by atoms with Crippen LogP contribution in [0.5, 0.6) is 0 Å².